The second-order valence-electron chi connectivity index (χ2n) is 3.53. The van der Waals surface area contributed by atoms with E-state index in [9.17, 15) is 0 Å². The summed E-state index contributed by atoms with van der Waals surface area (Å²) < 4.78 is 0. The smallest absolute Gasteiger partial charge is 0.187 e. The van der Waals surface area contributed by atoms with Crippen LogP contribution in [0.1, 0.15) is 11.1 Å². The van der Waals surface area contributed by atoms with Crippen LogP contribution in [0.5, 0.6) is 0 Å². The predicted molar refractivity (Wildman–Crippen MR) is 67.2 cm³/mol. The van der Waals surface area contributed by atoms with Crippen LogP contribution in [0, 0.1) is 6.92 Å². The number of hydrogen-bond acceptors (Lipinski definition) is 4. The number of rotatable bonds is 3. The summed E-state index contributed by atoms with van der Waals surface area (Å²) in [6.45, 7) is 1.98. The molecule has 0 aliphatic heterocycles. The standard InChI is InChI=1S/C12H13N3S/c1-9-6-14-12(15-7-9)16-8-10-4-2-3-5-11(10)13/h2-7H,8,13H2,1H3. The Bertz CT molecular complexity index is 468. The van der Waals surface area contributed by atoms with Crippen LogP contribution in [0.2, 0.25) is 0 Å². The number of para-hydroxylation sites is 1. The van der Waals surface area contributed by atoms with E-state index >= 15 is 0 Å². The first-order chi connectivity index (χ1) is 7.75. The van der Waals surface area contributed by atoms with Gasteiger partial charge in [0.1, 0.15) is 0 Å². The van der Waals surface area contributed by atoms with E-state index in [0.29, 0.717) is 0 Å². The summed E-state index contributed by atoms with van der Waals surface area (Å²) >= 11 is 1.59. The van der Waals surface area contributed by atoms with Crippen molar-refractivity contribution < 1.29 is 0 Å². The van der Waals surface area contributed by atoms with E-state index in [1.165, 1.54) is 0 Å². The zero-order valence-corrected chi connectivity index (χ0v) is 9.87. The molecule has 2 rings (SSSR count). The first-order valence-electron chi connectivity index (χ1n) is 5.00. The lowest BCUT2D eigenvalue weighted by atomic mass is 10.2. The van der Waals surface area contributed by atoms with Gasteiger partial charge < -0.3 is 5.73 Å². The Kier molecular flexibility index (Phi) is 3.41. The second kappa shape index (κ2) is 4.99. The number of nitrogens with zero attached hydrogens (tertiary/aromatic N) is 2. The normalized spacial score (nSPS) is 10.3. The molecule has 0 bridgehead atoms. The molecule has 1 aromatic carbocycles. The van der Waals surface area contributed by atoms with E-state index in [0.717, 1.165) is 27.7 Å². The molecule has 2 aromatic rings. The average molecular weight is 231 g/mol. The Morgan fingerprint density at radius 1 is 1.19 bits per heavy atom. The zero-order valence-electron chi connectivity index (χ0n) is 9.05. The van der Waals surface area contributed by atoms with Gasteiger partial charge in [0, 0.05) is 23.8 Å². The van der Waals surface area contributed by atoms with Gasteiger partial charge in [-0.3, -0.25) is 0 Å². The molecule has 82 valence electrons. The van der Waals surface area contributed by atoms with E-state index in [1.807, 2.05) is 43.6 Å². The molecule has 16 heavy (non-hydrogen) atoms. The molecule has 0 saturated heterocycles. The maximum absolute atomic E-state index is 5.85. The molecule has 0 spiro atoms. The van der Waals surface area contributed by atoms with Gasteiger partial charge in [-0.2, -0.15) is 0 Å². The Hall–Kier alpha value is -1.55. The predicted octanol–water partition coefficient (Wildman–Crippen LogP) is 2.66. The van der Waals surface area contributed by atoms with Gasteiger partial charge in [0.25, 0.3) is 0 Å². The third-order valence-electron chi connectivity index (χ3n) is 2.17. The lowest BCUT2D eigenvalue weighted by Crippen LogP contribution is -1.93. The molecule has 0 amide bonds. The van der Waals surface area contributed by atoms with Gasteiger partial charge >= 0.3 is 0 Å². The third kappa shape index (κ3) is 2.73. The maximum atomic E-state index is 5.85. The lowest BCUT2D eigenvalue weighted by molar-refractivity contribution is 0.949. The molecule has 0 aliphatic carbocycles. The molecule has 0 radical (unpaired) electrons. The van der Waals surface area contributed by atoms with Crippen molar-refractivity contribution in [3.63, 3.8) is 0 Å². The summed E-state index contributed by atoms with van der Waals surface area (Å²) in [7, 11) is 0. The Labute approximate surface area is 99.1 Å². The van der Waals surface area contributed by atoms with Crippen molar-refractivity contribution in [3.05, 3.63) is 47.8 Å². The summed E-state index contributed by atoms with van der Waals surface area (Å²) in [5, 5.41) is 0.786. The van der Waals surface area contributed by atoms with Crippen LogP contribution in [0.25, 0.3) is 0 Å². The number of anilines is 1. The Balaban J connectivity index is 2.02. The molecule has 1 heterocycles. The molecule has 0 unspecified atom stereocenters. The van der Waals surface area contributed by atoms with Crippen LogP contribution in [0.15, 0.2) is 41.8 Å². The summed E-state index contributed by atoms with van der Waals surface area (Å²) in [5.74, 6) is 0.801. The summed E-state index contributed by atoms with van der Waals surface area (Å²) in [5.41, 5.74) is 8.87. The van der Waals surface area contributed by atoms with Crippen molar-refractivity contribution >= 4 is 17.4 Å². The fraction of sp³-hybridized carbons (Fsp3) is 0.167. The number of benzene rings is 1. The first kappa shape index (κ1) is 11.0. The Morgan fingerprint density at radius 3 is 2.56 bits per heavy atom. The topological polar surface area (TPSA) is 51.8 Å². The van der Waals surface area contributed by atoms with Crippen molar-refractivity contribution in [2.45, 2.75) is 17.8 Å². The molecule has 0 fully saturated rings. The number of aromatic nitrogens is 2. The molecule has 1 aromatic heterocycles. The number of hydrogen-bond donors (Lipinski definition) is 1. The van der Waals surface area contributed by atoms with E-state index in [-0.39, 0.29) is 0 Å². The van der Waals surface area contributed by atoms with E-state index in [2.05, 4.69) is 9.97 Å². The van der Waals surface area contributed by atoms with Gasteiger partial charge in [-0.1, -0.05) is 30.0 Å². The van der Waals surface area contributed by atoms with Crippen LogP contribution < -0.4 is 5.73 Å². The van der Waals surface area contributed by atoms with Gasteiger partial charge in [0.05, 0.1) is 0 Å². The van der Waals surface area contributed by atoms with Crippen molar-refractivity contribution in [2.75, 3.05) is 5.73 Å². The molecule has 3 nitrogen and oxygen atoms in total. The molecule has 2 N–H and O–H groups in total. The van der Waals surface area contributed by atoms with Crippen LogP contribution in [0.3, 0.4) is 0 Å². The van der Waals surface area contributed by atoms with Gasteiger partial charge in [-0.15, -0.1) is 0 Å². The zero-order chi connectivity index (χ0) is 11.4. The number of aryl methyl sites for hydroxylation is 1. The number of nitrogens with two attached hydrogens (primary N) is 1. The Morgan fingerprint density at radius 2 is 1.88 bits per heavy atom. The minimum atomic E-state index is 0.786. The lowest BCUT2D eigenvalue weighted by Gasteiger charge is -2.03. The van der Waals surface area contributed by atoms with Crippen LogP contribution in [0.4, 0.5) is 5.69 Å². The van der Waals surface area contributed by atoms with Gasteiger partial charge in [0.2, 0.25) is 0 Å². The van der Waals surface area contributed by atoms with Crippen molar-refractivity contribution in [1.29, 1.82) is 0 Å². The molecule has 0 aliphatic rings. The fourth-order valence-electron chi connectivity index (χ4n) is 1.26. The fourth-order valence-corrected chi connectivity index (χ4v) is 2.07. The number of nitrogen functional groups attached to an aromatic ring is 1. The molecule has 4 heteroatoms. The maximum Gasteiger partial charge on any atom is 0.187 e. The van der Waals surface area contributed by atoms with Crippen LogP contribution >= 0.6 is 11.8 Å². The molecule has 0 saturated carbocycles. The molecular formula is C12H13N3S. The summed E-state index contributed by atoms with van der Waals surface area (Å²) in [4.78, 5) is 8.47. The monoisotopic (exact) mass is 231 g/mol. The molecular weight excluding hydrogens is 218 g/mol. The average Bonchev–Trinajstić information content (AvgIpc) is 2.30. The summed E-state index contributed by atoms with van der Waals surface area (Å²) in [6, 6.07) is 7.86. The van der Waals surface area contributed by atoms with Crippen molar-refractivity contribution in [2.24, 2.45) is 0 Å². The third-order valence-corrected chi connectivity index (χ3v) is 3.09. The van der Waals surface area contributed by atoms with Gasteiger partial charge in [0.15, 0.2) is 5.16 Å². The molecule has 0 atom stereocenters. The largest absolute Gasteiger partial charge is 0.398 e. The van der Waals surface area contributed by atoms with Crippen molar-refractivity contribution in [1.82, 2.24) is 9.97 Å². The first-order valence-corrected chi connectivity index (χ1v) is 5.99. The van der Waals surface area contributed by atoms with E-state index < -0.39 is 0 Å². The van der Waals surface area contributed by atoms with Gasteiger partial charge in [-0.05, 0) is 24.1 Å². The SMILES string of the molecule is Cc1cnc(SCc2ccccc2N)nc1. The minimum Gasteiger partial charge on any atom is -0.398 e. The van der Waals surface area contributed by atoms with Crippen molar-refractivity contribution in [3.8, 4) is 0 Å². The number of thioether (sulfide) groups is 1. The highest BCUT2D eigenvalue weighted by Crippen LogP contribution is 2.22. The second-order valence-corrected chi connectivity index (χ2v) is 4.47. The highest BCUT2D eigenvalue weighted by Gasteiger charge is 2.01. The van der Waals surface area contributed by atoms with Gasteiger partial charge in [-0.25, -0.2) is 9.97 Å². The highest BCUT2D eigenvalue weighted by atomic mass is 32.2. The van der Waals surface area contributed by atoms with Crippen LogP contribution in [-0.4, -0.2) is 9.97 Å². The minimum absolute atomic E-state index is 0.786. The summed E-state index contributed by atoms with van der Waals surface area (Å²) in [6.07, 6.45) is 3.65. The highest BCUT2D eigenvalue weighted by molar-refractivity contribution is 7.98. The quantitative estimate of drug-likeness (QED) is 0.501. The van der Waals surface area contributed by atoms with Crippen LogP contribution in [-0.2, 0) is 5.75 Å². The van der Waals surface area contributed by atoms with E-state index in [1.54, 1.807) is 11.8 Å². The van der Waals surface area contributed by atoms with E-state index in [4.69, 9.17) is 5.73 Å².